The van der Waals surface area contributed by atoms with Crippen LogP contribution in [0.25, 0.3) is 22.3 Å². The van der Waals surface area contributed by atoms with E-state index in [0.29, 0.717) is 0 Å². The van der Waals surface area contributed by atoms with Gasteiger partial charge in [0.15, 0.2) is 0 Å². The third kappa shape index (κ3) is 21.7. The zero-order chi connectivity index (χ0) is 62.9. The van der Waals surface area contributed by atoms with Gasteiger partial charge in [0.2, 0.25) is 0 Å². The molecule has 0 heteroatoms. The van der Waals surface area contributed by atoms with E-state index < -0.39 is 0 Å². The van der Waals surface area contributed by atoms with Gasteiger partial charge < -0.3 is 0 Å². The molecule has 0 nitrogen and oxygen atoms in total. The topological polar surface area (TPSA) is 0 Å². The lowest BCUT2D eigenvalue weighted by Gasteiger charge is -2.38. The first kappa shape index (κ1) is 69.7. The summed E-state index contributed by atoms with van der Waals surface area (Å²) >= 11 is 0. The highest BCUT2D eigenvalue weighted by Gasteiger charge is 2.33. The van der Waals surface area contributed by atoms with Gasteiger partial charge in [-0.25, -0.2) is 0 Å². The summed E-state index contributed by atoms with van der Waals surface area (Å²) < 4.78 is 0. The van der Waals surface area contributed by atoms with Crippen LogP contribution in [0.1, 0.15) is 314 Å². The van der Waals surface area contributed by atoms with Gasteiger partial charge in [-0.05, 0) is 272 Å². The number of unbranched alkanes of at least 4 members (excludes halogenated alkanes) is 2. The fourth-order valence-corrected chi connectivity index (χ4v) is 18.3. The molecule has 6 aliphatic carbocycles. The number of aryl methyl sites for hydroxylation is 4. The van der Waals surface area contributed by atoms with Crippen LogP contribution in [0.3, 0.4) is 0 Å². The van der Waals surface area contributed by atoms with Crippen LogP contribution in [0.15, 0.2) is 146 Å². The van der Waals surface area contributed by atoms with Crippen molar-refractivity contribution >= 4 is 0 Å². The Morgan fingerprint density at radius 3 is 0.667 bits per heavy atom. The highest BCUT2D eigenvalue weighted by molar-refractivity contribution is 5.65. The summed E-state index contributed by atoms with van der Waals surface area (Å²) in [5.41, 5.74) is 17.0. The third-order valence-corrected chi connectivity index (χ3v) is 24.3. The molecule has 0 amide bonds. The Hall–Kier alpha value is -4.68. The smallest absolute Gasteiger partial charge is 0.0162 e. The molecule has 6 saturated carbocycles. The van der Waals surface area contributed by atoms with Crippen LogP contribution in [-0.2, 0) is 0 Å². The maximum atomic E-state index is 2.37. The number of benzene rings is 6. The lowest BCUT2D eigenvalue weighted by atomic mass is 9.68. The first-order valence-electron chi connectivity index (χ1n) is 38.5. The average molecular weight is 1210 g/mol. The van der Waals surface area contributed by atoms with E-state index in [1.54, 1.807) is 22.3 Å². The molecular formula is C90H128. The number of rotatable bonds is 18. The third-order valence-electron chi connectivity index (χ3n) is 24.3. The van der Waals surface area contributed by atoms with Crippen molar-refractivity contribution in [2.45, 2.75) is 297 Å². The van der Waals surface area contributed by atoms with Gasteiger partial charge in [0.25, 0.3) is 0 Å². The number of hydrogen-bond donors (Lipinski definition) is 0. The van der Waals surface area contributed by atoms with Crippen molar-refractivity contribution in [1.82, 2.24) is 0 Å². The molecule has 0 spiro atoms. The van der Waals surface area contributed by atoms with Crippen molar-refractivity contribution in [2.24, 2.45) is 47.3 Å². The summed E-state index contributed by atoms with van der Waals surface area (Å²) in [5, 5.41) is 0. The molecule has 6 aromatic rings. The molecule has 0 aliphatic heterocycles. The van der Waals surface area contributed by atoms with E-state index in [9.17, 15) is 0 Å². The maximum Gasteiger partial charge on any atom is -0.0162 e. The van der Waals surface area contributed by atoms with Gasteiger partial charge in [0, 0.05) is 0 Å². The van der Waals surface area contributed by atoms with Crippen LogP contribution in [0.2, 0.25) is 0 Å². The minimum atomic E-state index is 0.791. The molecule has 0 radical (unpaired) electrons. The summed E-state index contributed by atoms with van der Waals surface area (Å²) in [4.78, 5) is 0. The van der Waals surface area contributed by atoms with Crippen molar-refractivity contribution < 1.29 is 0 Å². The SMILES string of the molecule is CCCC1CCC(C2CCC(c3ccc(C)cc3)CC2)CC1.CCCC1CCC(C2CCC(c3ccc(C)cc3)CC2)CC1.CCCC1CCC(c2ccc(-c3ccc(C)cc3)cc2)CC1.CCCCCC1CCC(c2ccc(-c3ccc(C)cc3)cc2)CC1. The fraction of sp³-hybridized carbons (Fsp3) is 0.600. The van der Waals surface area contributed by atoms with E-state index in [-0.39, 0.29) is 0 Å². The van der Waals surface area contributed by atoms with Crippen LogP contribution in [0, 0.1) is 75.0 Å². The summed E-state index contributed by atoms with van der Waals surface area (Å²) in [7, 11) is 0. The molecular weight excluding hydrogens is 1080 g/mol. The van der Waals surface area contributed by atoms with Gasteiger partial charge in [-0.3, -0.25) is 0 Å². The second kappa shape index (κ2) is 37.3. The molecule has 90 heavy (non-hydrogen) atoms. The normalized spacial score (nSPS) is 26.9. The molecule has 0 N–H and O–H groups in total. The van der Waals surface area contributed by atoms with Crippen molar-refractivity contribution in [3.05, 3.63) is 190 Å². The summed E-state index contributed by atoms with van der Waals surface area (Å²) in [5.74, 6) is 11.6. The first-order valence-corrected chi connectivity index (χ1v) is 38.5. The molecule has 6 aromatic carbocycles. The van der Waals surface area contributed by atoms with Gasteiger partial charge in [0.1, 0.15) is 0 Å². The molecule has 0 aromatic heterocycles. The predicted octanol–water partition coefficient (Wildman–Crippen LogP) is 28.0. The van der Waals surface area contributed by atoms with E-state index in [4.69, 9.17) is 0 Å². The highest BCUT2D eigenvalue weighted by atomic mass is 14.4. The molecule has 0 bridgehead atoms. The highest BCUT2D eigenvalue weighted by Crippen LogP contribution is 2.47. The molecule has 488 valence electrons. The van der Waals surface area contributed by atoms with Gasteiger partial charge >= 0.3 is 0 Å². The summed E-state index contributed by atoms with van der Waals surface area (Å²) in [6.07, 6.45) is 49.4. The van der Waals surface area contributed by atoms with Gasteiger partial charge in [0.05, 0.1) is 0 Å². The Morgan fingerprint density at radius 1 is 0.211 bits per heavy atom. The van der Waals surface area contributed by atoms with Crippen molar-refractivity contribution in [3.8, 4) is 22.3 Å². The maximum absolute atomic E-state index is 2.37. The Morgan fingerprint density at radius 2 is 0.411 bits per heavy atom. The zero-order valence-corrected chi connectivity index (χ0v) is 58.8. The van der Waals surface area contributed by atoms with E-state index >= 15 is 0 Å². The Bertz CT molecular complexity index is 2730. The second-order valence-electron chi connectivity index (χ2n) is 30.9. The van der Waals surface area contributed by atoms with Crippen molar-refractivity contribution in [1.29, 1.82) is 0 Å². The summed E-state index contributed by atoms with van der Waals surface area (Å²) in [6, 6.07) is 55.0. The predicted molar refractivity (Wildman–Crippen MR) is 394 cm³/mol. The van der Waals surface area contributed by atoms with Gasteiger partial charge in [-0.2, -0.15) is 0 Å². The van der Waals surface area contributed by atoms with Crippen LogP contribution in [0.4, 0.5) is 0 Å². The molecule has 0 saturated heterocycles. The van der Waals surface area contributed by atoms with Crippen LogP contribution >= 0.6 is 0 Å². The lowest BCUT2D eigenvalue weighted by Crippen LogP contribution is -2.25. The van der Waals surface area contributed by atoms with E-state index in [1.165, 1.54) is 263 Å². The lowest BCUT2D eigenvalue weighted by molar-refractivity contribution is 0.156. The molecule has 6 fully saturated rings. The van der Waals surface area contributed by atoms with Crippen molar-refractivity contribution in [2.75, 3.05) is 0 Å². The molecule has 0 unspecified atom stereocenters. The van der Waals surface area contributed by atoms with Crippen LogP contribution < -0.4 is 0 Å². The van der Waals surface area contributed by atoms with E-state index in [2.05, 4.69) is 201 Å². The van der Waals surface area contributed by atoms with Crippen LogP contribution in [-0.4, -0.2) is 0 Å². The minimum absolute atomic E-state index is 0.791. The Kier molecular flexibility index (Phi) is 28.8. The average Bonchev–Trinajstić information content (AvgIpc) is 2.50. The monoisotopic (exact) mass is 1210 g/mol. The Balaban J connectivity index is 0.000000142. The molecule has 0 atom stereocenters. The second-order valence-corrected chi connectivity index (χ2v) is 30.9. The zero-order valence-electron chi connectivity index (χ0n) is 58.8. The van der Waals surface area contributed by atoms with Gasteiger partial charge in [-0.1, -0.05) is 285 Å². The molecule has 12 rings (SSSR count). The fourth-order valence-electron chi connectivity index (χ4n) is 18.3. The Labute approximate surface area is 553 Å². The van der Waals surface area contributed by atoms with E-state index in [1.807, 2.05) is 0 Å². The molecule has 0 heterocycles. The van der Waals surface area contributed by atoms with Crippen LogP contribution in [0.5, 0.6) is 0 Å². The number of hydrogen-bond acceptors (Lipinski definition) is 0. The standard InChI is InChI=1S/C24H32.2C22H34.C22H28/c1-3-4-5-6-20-9-13-22(14-10-20)24-17-15-23(16-18-24)21-11-7-19(2)8-12-21;3*1-3-4-18-7-11-20(12-8-18)22-15-13-21(14-16-22)19-9-5-17(2)6-10-19/h7-8,11-12,15-18,20,22H,3-6,9-10,13-14H2,1-2H3;2*5-6,9-10,18,20-22H,3-4,7-8,11-16H2,1-2H3;5-6,9-10,13-16,18,20H,3-4,7-8,11-12H2,1-2H3. The van der Waals surface area contributed by atoms with Crippen molar-refractivity contribution in [3.63, 3.8) is 0 Å². The summed E-state index contributed by atoms with van der Waals surface area (Å²) in [6.45, 7) is 18.0. The minimum Gasteiger partial charge on any atom is -0.0654 e. The molecule has 6 aliphatic rings. The van der Waals surface area contributed by atoms with Gasteiger partial charge in [-0.15, -0.1) is 0 Å². The largest absolute Gasteiger partial charge is 0.0654 e. The van der Waals surface area contributed by atoms with E-state index in [0.717, 1.165) is 71.0 Å². The first-order chi connectivity index (χ1) is 44.0. The quantitative estimate of drug-likeness (QED) is 0.0753.